The third-order valence-corrected chi connectivity index (χ3v) is 3.40. The van der Waals surface area contributed by atoms with Crippen molar-refractivity contribution in [3.63, 3.8) is 0 Å². The number of hydrogen-bond acceptors (Lipinski definition) is 3. The van der Waals surface area contributed by atoms with Crippen molar-refractivity contribution in [1.82, 2.24) is 10.6 Å². The first kappa shape index (κ1) is 14.5. The second-order valence-corrected chi connectivity index (χ2v) is 5.90. The molecule has 2 atom stereocenters. The smallest absolute Gasteiger partial charge is 0.224 e. The normalized spacial score (nSPS) is 24.4. The van der Waals surface area contributed by atoms with Gasteiger partial charge >= 0.3 is 0 Å². The van der Waals surface area contributed by atoms with Crippen LogP contribution in [0, 0.1) is 11.8 Å². The van der Waals surface area contributed by atoms with Crippen LogP contribution in [0.15, 0.2) is 0 Å². The van der Waals surface area contributed by atoms with Crippen LogP contribution < -0.4 is 16.4 Å². The van der Waals surface area contributed by atoms with Gasteiger partial charge in [-0.25, -0.2) is 0 Å². The van der Waals surface area contributed by atoms with Gasteiger partial charge < -0.3 is 16.4 Å². The predicted octanol–water partition coefficient (Wildman–Crippen LogP) is 0.866. The van der Waals surface area contributed by atoms with Gasteiger partial charge in [0.2, 0.25) is 5.91 Å². The quantitative estimate of drug-likeness (QED) is 0.669. The van der Waals surface area contributed by atoms with E-state index >= 15 is 0 Å². The van der Waals surface area contributed by atoms with Gasteiger partial charge in [-0.2, -0.15) is 0 Å². The van der Waals surface area contributed by atoms with Crippen LogP contribution in [0.5, 0.6) is 0 Å². The Morgan fingerprint density at radius 2 is 2.29 bits per heavy atom. The molecule has 1 fully saturated rings. The first-order chi connectivity index (χ1) is 7.97. The number of hydrogen-bond donors (Lipinski definition) is 3. The maximum absolute atomic E-state index is 12.1. The van der Waals surface area contributed by atoms with Gasteiger partial charge in [0.1, 0.15) is 0 Å². The predicted molar refractivity (Wildman–Crippen MR) is 70.7 cm³/mol. The Labute approximate surface area is 105 Å². The average molecular weight is 241 g/mol. The minimum atomic E-state index is -0.261. The molecule has 1 amide bonds. The number of carbonyl (C=O) groups excluding carboxylic acids is 1. The summed E-state index contributed by atoms with van der Waals surface area (Å²) in [6, 6.07) is 0. The van der Waals surface area contributed by atoms with Crippen molar-refractivity contribution >= 4 is 5.91 Å². The second-order valence-electron chi connectivity index (χ2n) is 5.90. The lowest BCUT2D eigenvalue weighted by Gasteiger charge is -2.33. The topological polar surface area (TPSA) is 67.1 Å². The van der Waals surface area contributed by atoms with Crippen LogP contribution >= 0.6 is 0 Å². The third-order valence-electron chi connectivity index (χ3n) is 3.40. The van der Waals surface area contributed by atoms with Crippen LogP contribution in [0.2, 0.25) is 0 Å². The largest absolute Gasteiger partial charge is 0.349 e. The van der Waals surface area contributed by atoms with Gasteiger partial charge in [-0.15, -0.1) is 0 Å². The summed E-state index contributed by atoms with van der Waals surface area (Å²) in [7, 11) is 0. The molecule has 4 N–H and O–H groups in total. The lowest BCUT2D eigenvalue weighted by atomic mass is 9.89. The minimum absolute atomic E-state index is 0.113. The van der Waals surface area contributed by atoms with Crippen LogP contribution in [0.25, 0.3) is 0 Å². The van der Waals surface area contributed by atoms with Crippen LogP contribution in [0.4, 0.5) is 0 Å². The molecule has 1 aliphatic rings. The molecule has 0 bridgehead atoms. The number of piperidine rings is 1. The van der Waals surface area contributed by atoms with E-state index in [-0.39, 0.29) is 17.4 Å². The Bertz CT molecular complexity index is 249. The first-order valence-corrected chi connectivity index (χ1v) is 6.69. The Morgan fingerprint density at radius 3 is 2.76 bits per heavy atom. The highest BCUT2D eigenvalue weighted by atomic mass is 16.2. The molecule has 2 unspecified atom stereocenters. The zero-order valence-corrected chi connectivity index (χ0v) is 11.4. The van der Waals surface area contributed by atoms with Crippen LogP contribution in [0.3, 0.4) is 0 Å². The van der Waals surface area contributed by atoms with E-state index in [2.05, 4.69) is 24.5 Å². The lowest BCUT2D eigenvalue weighted by molar-refractivity contribution is -0.127. The van der Waals surface area contributed by atoms with E-state index < -0.39 is 0 Å². The summed E-state index contributed by atoms with van der Waals surface area (Å²) in [5, 5.41) is 6.41. The van der Waals surface area contributed by atoms with Gasteiger partial charge in [0.15, 0.2) is 0 Å². The van der Waals surface area contributed by atoms with Gasteiger partial charge in [0, 0.05) is 18.6 Å². The van der Waals surface area contributed by atoms with Gasteiger partial charge in [-0.1, -0.05) is 13.8 Å². The fraction of sp³-hybridized carbons (Fsp3) is 0.923. The minimum Gasteiger partial charge on any atom is -0.349 e. The van der Waals surface area contributed by atoms with Crippen LogP contribution in [-0.4, -0.2) is 31.1 Å². The maximum atomic E-state index is 12.1. The number of amides is 1. The van der Waals surface area contributed by atoms with Gasteiger partial charge in [0.25, 0.3) is 0 Å². The lowest BCUT2D eigenvalue weighted by Crippen LogP contribution is -2.55. The number of rotatable bonds is 5. The van der Waals surface area contributed by atoms with Crippen molar-refractivity contribution in [3.8, 4) is 0 Å². The highest BCUT2D eigenvalue weighted by Gasteiger charge is 2.29. The SMILES string of the molecule is CC(C)CC(C)(CN)NC(=O)C1CCCNC1. The van der Waals surface area contributed by atoms with Crippen molar-refractivity contribution in [1.29, 1.82) is 0 Å². The number of carbonyl (C=O) groups is 1. The van der Waals surface area contributed by atoms with E-state index in [1.54, 1.807) is 0 Å². The second kappa shape index (κ2) is 6.36. The van der Waals surface area contributed by atoms with Crippen LogP contribution in [-0.2, 0) is 4.79 Å². The Balaban J connectivity index is 2.51. The Hall–Kier alpha value is -0.610. The van der Waals surface area contributed by atoms with Gasteiger partial charge in [-0.05, 0) is 38.6 Å². The van der Waals surface area contributed by atoms with Crippen molar-refractivity contribution in [2.24, 2.45) is 17.6 Å². The molecule has 0 aromatic rings. The molecule has 1 heterocycles. The standard InChI is InChI=1S/C13H27N3O/c1-10(2)7-13(3,9-14)16-12(17)11-5-4-6-15-8-11/h10-11,15H,4-9,14H2,1-3H3,(H,16,17). The van der Waals surface area contributed by atoms with E-state index in [0.717, 1.165) is 32.4 Å². The highest BCUT2D eigenvalue weighted by Crippen LogP contribution is 2.17. The summed E-state index contributed by atoms with van der Waals surface area (Å²) in [4.78, 5) is 12.1. The Morgan fingerprint density at radius 1 is 1.59 bits per heavy atom. The van der Waals surface area contributed by atoms with Crippen molar-refractivity contribution < 1.29 is 4.79 Å². The van der Waals surface area contributed by atoms with E-state index in [0.29, 0.717) is 12.5 Å². The number of nitrogens with one attached hydrogen (secondary N) is 2. The molecule has 0 aliphatic carbocycles. The van der Waals surface area contributed by atoms with Crippen molar-refractivity contribution in [2.45, 2.75) is 45.6 Å². The van der Waals surface area contributed by atoms with Crippen molar-refractivity contribution in [3.05, 3.63) is 0 Å². The van der Waals surface area contributed by atoms with E-state index in [4.69, 9.17) is 5.73 Å². The fourth-order valence-corrected chi connectivity index (χ4v) is 2.56. The summed E-state index contributed by atoms with van der Waals surface area (Å²) in [5.41, 5.74) is 5.54. The molecule has 0 spiro atoms. The molecule has 1 rings (SSSR count). The fourth-order valence-electron chi connectivity index (χ4n) is 2.56. The third kappa shape index (κ3) is 4.64. The average Bonchev–Trinajstić information content (AvgIpc) is 2.29. The molecular formula is C13H27N3O. The zero-order chi connectivity index (χ0) is 12.9. The molecule has 0 saturated carbocycles. The van der Waals surface area contributed by atoms with Crippen LogP contribution in [0.1, 0.15) is 40.0 Å². The molecular weight excluding hydrogens is 214 g/mol. The summed E-state index contributed by atoms with van der Waals surface area (Å²) >= 11 is 0. The van der Waals surface area contributed by atoms with Gasteiger partial charge in [-0.3, -0.25) is 4.79 Å². The monoisotopic (exact) mass is 241 g/mol. The van der Waals surface area contributed by atoms with Crippen molar-refractivity contribution in [2.75, 3.05) is 19.6 Å². The molecule has 17 heavy (non-hydrogen) atoms. The Kier molecular flexibility index (Phi) is 5.40. The summed E-state index contributed by atoms with van der Waals surface area (Å²) < 4.78 is 0. The molecule has 4 nitrogen and oxygen atoms in total. The molecule has 1 aliphatic heterocycles. The highest BCUT2D eigenvalue weighted by molar-refractivity contribution is 5.79. The molecule has 0 aromatic heterocycles. The van der Waals surface area contributed by atoms with E-state index in [1.165, 1.54) is 0 Å². The summed E-state index contributed by atoms with van der Waals surface area (Å²) in [6.45, 7) is 8.68. The summed E-state index contributed by atoms with van der Waals surface area (Å²) in [5.74, 6) is 0.806. The summed E-state index contributed by atoms with van der Waals surface area (Å²) in [6.07, 6.45) is 3.00. The van der Waals surface area contributed by atoms with Gasteiger partial charge in [0.05, 0.1) is 5.92 Å². The number of nitrogens with two attached hydrogens (primary N) is 1. The van der Waals surface area contributed by atoms with E-state index in [9.17, 15) is 4.79 Å². The molecule has 100 valence electrons. The molecule has 4 heteroatoms. The first-order valence-electron chi connectivity index (χ1n) is 6.69. The zero-order valence-electron chi connectivity index (χ0n) is 11.4. The molecule has 1 saturated heterocycles. The molecule has 0 aromatic carbocycles. The molecule has 0 radical (unpaired) electrons. The van der Waals surface area contributed by atoms with E-state index in [1.807, 2.05) is 6.92 Å². The maximum Gasteiger partial charge on any atom is 0.224 e.